The SMILES string of the molecule is CNC(=O)C[C@@H]1C(=O)NCCN1CC(=O)Nc1nc(C(C)(C)C)cs1. The van der Waals surface area contributed by atoms with Crippen molar-refractivity contribution in [3.05, 3.63) is 11.1 Å². The van der Waals surface area contributed by atoms with Gasteiger partial charge in [-0.3, -0.25) is 19.3 Å². The van der Waals surface area contributed by atoms with E-state index < -0.39 is 6.04 Å². The van der Waals surface area contributed by atoms with Gasteiger partial charge in [0.15, 0.2) is 5.13 Å². The molecule has 0 spiro atoms. The number of nitrogens with one attached hydrogen (secondary N) is 3. The zero-order valence-corrected chi connectivity index (χ0v) is 15.8. The molecule has 8 nitrogen and oxygen atoms in total. The molecule has 1 fully saturated rings. The molecule has 0 aliphatic carbocycles. The smallest absolute Gasteiger partial charge is 0.240 e. The van der Waals surface area contributed by atoms with Crippen LogP contribution in [0.4, 0.5) is 5.13 Å². The second-order valence-corrected chi connectivity index (χ2v) is 7.85. The van der Waals surface area contributed by atoms with Gasteiger partial charge in [-0.05, 0) is 0 Å². The Hall–Kier alpha value is -2.00. The summed E-state index contributed by atoms with van der Waals surface area (Å²) >= 11 is 1.38. The number of piperazine rings is 1. The Morgan fingerprint density at radius 1 is 1.40 bits per heavy atom. The Balaban J connectivity index is 1.98. The second-order valence-electron chi connectivity index (χ2n) is 6.99. The molecule has 138 valence electrons. The van der Waals surface area contributed by atoms with Crippen LogP contribution in [0.1, 0.15) is 32.9 Å². The Morgan fingerprint density at radius 3 is 2.72 bits per heavy atom. The standard InChI is InChI=1S/C16H25N5O3S/c1-16(2,3)11-9-25-15(19-11)20-13(23)8-21-6-5-18-14(24)10(21)7-12(22)17-4/h9-10H,5-8H2,1-4H3,(H,17,22)(H,18,24)(H,19,20,23)/t10-/m1/s1. The number of carbonyl (C=O) groups is 3. The predicted octanol–water partition coefficient (Wildman–Crippen LogP) is 0.316. The highest BCUT2D eigenvalue weighted by Crippen LogP contribution is 2.26. The first-order valence-electron chi connectivity index (χ1n) is 8.19. The quantitative estimate of drug-likeness (QED) is 0.695. The van der Waals surface area contributed by atoms with Gasteiger partial charge in [0.05, 0.1) is 24.7 Å². The van der Waals surface area contributed by atoms with Gasteiger partial charge in [0.2, 0.25) is 17.7 Å². The summed E-state index contributed by atoms with van der Waals surface area (Å²) in [6, 6.07) is -0.638. The Kier molecular flexibility index (Phi) is 6.12. The molecule has 3 N–H and O–H groups in total. The van der Waals surface area contributed by atoms with Gasteiger partial charge in [-0.25, -0.2) is 4.98 Å². The lowest BCUT2D eigenvalue weighted by Gasteiger charge is -2.33. The summed E-state index contributed by atoms with van der Waals surface area (Å²) in [5.74, 6) is -0.708. The molecule has 1 aliphatic rings. The topological polar surface area (TPSA) is 103 Å². The lowest BCUT2D eigenvalue weighted by Crippen LogP contribution is -2.57. The van der Waals surface area contributed by atoms with Crippen LogP contribution in [-0.2, 0) is 19.8 Å². The molecule has 0 bridgehead atoms. The number of hydrogen-bond acceptors (Lipinski definition) is 6. The summed E-state index contributed by atoms with van der Waals surface area (Å²) in [5, 5.41) is 10.5. The Bertz CT molecular complexity index is 652. The van der Waals surface area contributed by atoms with Crippen molar-refractivity contribution in [3.8, 4) is 0 Å². The maximum atomic E-state index is 12.3. The fraction of sp³-hybridized carbons (Fsp3) is 0.625. The number of hydrogen-bond donors (Lipinski definition) is 3. The van der Waals surface area contributed by atoms with E-state index in [0.717, 1.165) is 5.69 Å². The van der Waals surface area contributed by atoms with Gasteiger partial charge in [0.25, 0.3) is 0 Å². The fourth-order valence-electron chi connectivity index (χ4n) is 2.47. The first-order chi connectivity index (χ1) is 11.7. The van der Waals surface area contributed by atoms with Gasteiger partial charge in [-0.2, -0.15) is 0 Å². The van der Waals surface area contributed by atoms with Crippen molar-refractivity contribution in [2.75, 3.05) is 32.0 Å². The number of aromatic nitrogens is 1. The van der Waals surface area contributed by atoms with E-state index in [-0.39, 0.29) is 36.1 Å². The molecule has 1 atom stereocenters. The minimum Gasteiger partial charge on any atom is -0.359 e. The van der Waals surface area contributed by atoms with Crippen molar-refractivity contribution in [2.24, 2.45) is 0 Å². The minimum atomic E-state index is -0.638. The van der Waals surface area contributed by atoms with E-state index in [1.165, 1.54) is 18.4 Å². The minimum absolute atomic E-state index is 0.0288. The third-order valence-electron chi connectivity index (χ3n) is 3.96. The summed E-state index contributed by atoms with van der Waals surface area (Å²) in [6.45, 7) is 7.20. The van der Waals surface area contributed by atoms with E-state index in [9.17, 15) is 14.4 Å². The van der Waals surface area contributed by atoms with E-state index in [4.69, 9.17) is 0 Å². The van der Waals surface area contributed by atoms with Crippen LogP contribution in [0.15, 0.2) is 5.38 Å². The molecule has 3 amide bonds. The number of thiazole rings is 1. The summed E-state index contributed by atoms with van der Waals surface area (Å²) in [6.07, 6.45) is 0.0288. The molecule has 1 aliphatic heterocycles. The Morgan fingerprint density at radius 2 is 2.12 bits per heavy atom. The summed E-state index contributed by atoms with van der Waals surface area (Å²) in [7, 11) is 1.52. The van der Waals surface area contributed by atoms with E-state index >= 15 is 0 Å². The molecule has 2 rings (SSSR count). The van der Waals surface area contributed by atoms with Gasteiger partial charge in [0, 0.05) is 30.9 Å². The average molecular weight is 367 g/mol. The zero-order chi connectivity index (χ0) is 18.6. The largest absolute Gasteiger partial charge is 0.359 e. The maximum Gasteiger partial charge on any atom is 0.240 e. The van der Waals surface area contributed by atoms with Crippen LogP contribution < -0.4 is 16.0 Å². The number of carbonyl (C=O) groups excluding carboxylic acids is 3. The van der Waals surface area contributed by atoms with Crippen LogP contribution in [0.5, 0.6) is 0 Å². The van der Waals surface area contributed by atoms with Crippen molar-refractivity contribution >= 4 is 34.2 Å². The molecule has 0 unspecified atom stereocenters. The highest BCUT2D eigenvalue weighted by atomic mass is 32.1. The summed E-state index contributed by atoms with van der Waals surface area (Å²) in [5.41, 5.74) is 0.839. The van der Waals surface area contributed by atoms with Crippen LogP contribution in [-0.4, -0.2) is 60.3 Å². The van der Waals surface area contributed by atoms with Gasteiger partial charge in [-0.15, -0.1) is 11.3 Å². The molecule has 1 saturated heterocycles. The molecule has 1 aromatic rings. The van der Waals surface area contributed by atoms with Crippen LogP contribution in [0.3, 0.4) is 0 Å². The van der Waals surface area contributed by atoms with Crippen molar-refractivity contribution in [1.82, 2.24) is 20.5 Å². The second kappa shape index (κ2) is 7.92. The van der Waals surface area contributed by atoms with Gasteiger partial charge in [0.1, 0.15) is 0 Å². The van der Waals surface area contributed by atoms with E-state index in [2.05, 4.69) is 41.7 Å². The lowest BCUT2D eigenvalue weighted by molar-refractivity contribution is -0.135. The number of amides is 3. The highest BCUT2D eigenvalue weighted by Gasteiger charge is 2.32. The molecule has 0 saturated carbocycles. The zero-order valence-electron chi connectivity index (χ0n) is 15.0. The van der Waals surface area contributed by atoms with Crippen molar-refractivity contribution in [3.63, 3.8) is 0 Å². The van der Waals surface area contributed by atoms with Gasteiger partial charge < -0.3 is 16.0 Å². The highest BCUT2D eigenvalue weighted by molar-refractivity contribution is 7.13. The van der Waals surface area contributed by atoms with E-state index in [0.29, 0.717) is 18.2 Å². The van der Waals surface area contributed by atoms with Crippen LogP contribution in [0, 0.1) is 0 Å². The van der Waals surface area contributed by atoms with Crippen molar-refractivity contribution in [2.45, 2.75) is 38.6 Å². The first-order valence-corrected chi connectivity index (χ1v) is 9.07. The van der Waals surface area contributed by atoms with Crippen molar-refractivity contribution in [1.29, 1.82) is 0 Å². The molecule has 25 heavy (non-hydrogen) atoms. The van der Waals surface area contributed by atoms with Crippen molar-refractivity contribution < 1.29 is 14.4 Å². The van der Waals surface area contributed by atoms with E-state index in [1.54, 1.807) is 4.90 Å². The molecular formula is C16H25N5O3S. The molecule has 1 aromatic heterocycles. The third-order valence-corrected chi connectivity index (χ3v) is 4.72. The monoisotopic (exact) mass is 367 g/mol. The average Bonchev–Trinajstić information content (AvgIpc) is 2.99. The maximum absolute atomic E-state index is 12.3. The van der Waals surface area contributed by atoms with Gasteiger partial charge in [-0.1, -0.05) is 20.8 Å². The number of anilines is 1. The third kappa shape index (κ3) is 5.23. The lowest BCUT2D eigenvalue weighted by atomic mass is 9.93. The summed E-state index contributed by atoms with van der Waals surface area (Å²) in [4.78, 5) is 42.1. The summed E-state index contributed by atoms with van der Waals surface area (Å²) < 4.78 is 0. The van der Waals surface area contributed by atoms with E-state index in [1.807, 2.05) is 5.38 Å². The van der Waals surface area contributed by atoms with Gasteiger partial charge >= 0.3 is 0 Å². The van der Waals surface area contributed by atoms with Crippen LogP contribution in [0.25, 0.3) is 0 Å². The van der Waals surface area contributed by atoms with Crippen LogP contribution >= 0.6 is 11.3 Å². The number of rotatable bonds is 5. The predicted molar refractivity (Wildman–Crippen MR) is 96.5 cm³/mol. The molecule has 0 aromatic carbocycles. The molecule has 2 heterocycles. The molecule has 0 radical (unpaired) electrons. The van der Waals surface area contributed by atoms with Crippen LogP contribution in [0.2, 0.25) is 0 Å². The normalized spacial score (nSPS) is 18.6. The molecule has 9 heteroatoms. The Labute approximate surface area is 151 Å². The first kappa shape index (κ1) is 19.3. The number of nitrogens with zero attached hydrogens (tertiary/aromatic N) is 2. The fourth-order valence-corrected chi connectivity index (χ4v) is 3.42. The molecular weight excluding hydrogens is 342 g/mol.